The number of nitrogens with two attached hydrogens (primary N) is 1. The van der Waals surface area contributed by atoms with Crippen molar-refractivity contribution in [3.8, 4) is 0 Å². The summed E-state index contributed by atoms with van der Waals surface area (Å²) in [5, 5.41) is 0. The largest absolute Gasteiger partial charge is 0.359 e. The fourth-order valence-corrected chi connectivity index (χ4v) is 1.47. The van der Waals surface area contributed by atoms with Crippen LogP contribution in [0.15, 0.2) is 18.3 Å². The van der Waals surface area contributed by atoms with E-state index in [1.165, 1.54) is 5.56 Å². The van der Waals surface area contributed by atoms with Gasteiger partial charge in [-0.25, -0.2) is 4.98 Å². The van der Waals surface area contributed by atoms with Gasteiger partial charge in [-0.15, -0.1) is 0 Å². The average Bonchev–Trinajstić information content (AvgIpc) is 2.18. The first-order chi connectivity index (χ1) is 6.94. The summed E-state index contributed by atoms with van der Waals surface area (Å²) in [5.41, 5.74) is 7.02. The molecule has 0 saturated heterocycles. The SMILES string of the molecule is Cc1ccc(N(C)CC(C)(C)CN)nc1. The van der Waals surface area contributed by atoms with Crippen LogP contribution in [0.2, 0.25) is 0 Å². The van der Waals surface area contributed by atoms with E-state index in [0.29, 0.717) is 6.54 Å². The summed E-state index contributed by atoms with van der Waals surface area (Å²) in [6, 6.07) is 4.12. The molecule has 0 fully saturated rings. The van der Waals surface area contributed by atoms with Crippen molar-refractivity contribution in [2.45, 2.75) is 20.8 Å². The molecule has 3 heteroatoms. The topological polar surface area (TPSA) is 42.1 Å². The second-order valence-corrected chi connectivity index (χ2v) is 4.92. The lowest BCUT2D eigenvalue weighted by atomic mass is 9.93. The first-order valence-electron chi connectivity index (χ1n) is 5.28. The molecule has 1 heterocycles. The highest BCUT2D eigenvalue weighted by Crippen LogP contribution is 2.18. The van der Waals surface area contributed by atoms with Crippen LogP contribution in [0.4, 0.5) is 5.82 Å². The van der Waals surface area contributed by atoms with E-state index >= 15 is 0 Å². The summed E-state index contributed by atoms with van der Waals surface area (Å²) in [6.07, 6.45) is 1.89. The van der Waals surface area contributed by atoms with E-state index in [9.17, 15) is 0 Å². The maximum atomic E-state index is 5.71. The van der Waals surface area contributed by atoms with Crippen LogP contribution in [0.25, 0.3) is 0 Å². The third-order valence-electron chi connectivity index (χ3n) is 2.50. The molecule has 1 aromatic rings. The van der Waals surface area contributed by atoms with E-state index in [2.05, 4.69) is 36.8 Å². The van der Waals surface area contributed by atoms with Gasteiger partial charge >= 0.3 is 0 Å². The molecule has 0 aromatic carbocycles. The minimum Gasteiger partial charge on any atom is -0.359 e. The van der Waals surface area contributed by atoms with Gasteiger partial charge < -0.3 is 10.6 Å². The van der Waals surface area contributed by atoms with Crippen LogP contribution in [0.5, 0.6) is 0 Å². The van der Waals surface area contributed by atoms with Gasteiger partial charge in [0.2, 0.25) is 0 Å². The zero-order valence-corrected chi connectivity index (χ0v) is 10.1. The summed E-state index contributed by atoms with van der Waals surface area (Å²) < 4.78 is 0. The van der Waals surface area contributed by atoms with E-state index in [-0.39, 0.29) is 5.41 Å². The fourth-order valence-electron chi connectivity index (χ4n) is 1.47. The van der Waals surface area contributed by atoms with Crippen molar-refractivity contribution in [2.75, 3.05) is 25.0 Å². The molecule has 0 spiro atoms. The number of aryl methyl sites for hydroxylation is 1. The summed E-state index contributed by atoms with van der Waals surface area (Å²) in [7, 11) is 2.05. The van der Waals surface area contributed by atoms with Gasteiger partial charge in [0.1, 0.15) is 5.82 Å². The van der Waals surface area contributed by atoms with Crippen molar-refractivity contribution in [3.63, 3.8) is 0 Å². The van der Waals surface area contributed by atoms with Gasteiger partial charge in [-0.1, -0.05) is 19.9 Å². The Morgan fingerprint density at radius 3 is 2.53 bits per heavy atom. The normalized spacial score (nSPS) is 11.5. The fraction of sp³-hybridized carbons (Fsp3) is 0.583. The zero-order valence-electron chi connectivity index (χ0n) is 10.1. The van der Waals surface area contributed by atoms with Crippen molar-refractivity contribution in [3.05, 3.63) is 23.9 Å². The van der Waals surface area contributed by atoms with Crippen LogP contribution in [0.1, 0.15) is 19.4 Å². The standard InChI is InChI=1S/C12H21N3/c1-10-5-6-11(14-7-10)15(4)9-12(2,3)8-13/h5-7H,8-9,13H2,1-4H3. The molecule has 0 bridgehead atoms. The summed E-state index contributed by atoms with van der Waals surface area (Å²) in [6.45, 7) is 7.97. The number of aromatic nitrogens is 1. The van der Waals surface area contributed by atoms with Crippen molar-refractivity contribution in [1.82, 2.24) is 4.98 Å². The molecule has 15 heavy (non-hydrogen) atoms. The number of hydrogen-bond acceptors (Lipinski definition) is 3. The molecule has 2 N–H and O–H groups in total. The molecular formula is C12H21N3. The van der Waals surface area contributed by atoms with Crippen LogP contribution in [-0.2, 0) is 0 Å². The van der Waals surface area contributed by atoms with Gasteiger partial charge in [0, 0.05) is 19.8 Å². The van der Waals surface area contributed by atoms with E-state index in [0.717, 1.165) is 12.4 Å². The Morgan fingerprint density at radius 2 is 2.07 bits per heavy atom. The van der Waals surface area contributed by atoms with Crippen molar-refractivity contribution >= 4 is 5.82 Å². The van der Waals surface area contributed by atoms with E-state index in [1.807, 2.05) is 19.2 Å². The summed E-state index contributed by atoms with van der Waals surface area (Å²) >= 11 is 0. The molecule has 0 amide bonds. The highest BCUT2D eigenvalue weighted by Gasteiger charge is 2.18. The van der Waals surface area contributed by atoms with Crippen LogP contribution in [0, 0.1) is 12.3 Å². The predicted molar refractivity (Wildman–Crippen MR) is 65.1 cm³/mol. The molecule has 0 atom stereocenters. The lowest BCUT2D eigenvalue weighted by Gasteiger charge is -2.29. The van der Waals surface area contributed by atoms with Crippen LogP contribution >= 0.6 is 0 Å². The highest BCUT2D eigenvalue weighted by atomic mass is 15.2. The Balaban J connectivity index is 2.69. The van der Waals surface area contributed by atoms with Crippen molar-refractivity contribution < 1.29 is 0 Å². The van der Waals surface area contributed by atoms with Crippen molar-refractivity contribution in [1.29, 1.82) is 0 Å². The lowest BCUT2D eigenvalue weighted by Crippen LogP contribution is -2.37. The molecule has 1 aromatic heterocycles. The van der Waals surface area contributed by atoms with Crippen LogP contribution < -0.4 is 10.6 Å². The molecule has 1 rings (SSSR count). The monoisotopic (exact) mass is 207 g/mol. The second-order valence-electron chi connectivity index (χ2n) is 4.92. The minimum atomic E-state index is 0.126. The number of pyridine rings is 1. The van der Waals surface area contributed by atoms with E-state index in [4.69, 9.17) is 5.73 Å². The van der Waals surface area contributed by atoms with Gasteiger partial charge in [-0.05, 0) is 30.5 Å². The predicted octanol–water partition coefficient (Wildman–Crippen LogP) is 1.81. The van der Waals surface area contributed by atoms with Gasteiger partial charge in [0.25, 0.3) is 0 Å². The van der Waals surface area contributed by atoms with Crippen LogP contribution in [0.3, 0.4) is 0 Å². The molecule has 3 nitrogen and oxygen atoms in total. The smallest absolute Gasteiger partial charge is 0.128 e. The molecular weight excluding hydrogens is 186 g/mol. The third kappa shape index (κ3) is 3.51. The quantitative estimate of drug-likeness (QED) is 0.818. The molecule has 0 unspecified atom stereocenters. The number of hydrogen-bond donors (Lipinski definition) is 1. The Morgan fingerprint density at radius 1 is 1.40 bits per heavy atom. The average molecular weight is 207 g/mol. The Labute approximate surface area is 92.3 Å². The molecule has 0 saturated carbocycles. The summed E-state index contributed by atoms with van der Waals surface area (Å²) in [4.78, 5) is 6.53. The van der Waals surface area contributed by atoms with Gasteiger partial charge in [0.05, 0.1) is 0 Å². The molecule has 84 valence electrons. The van der Waals surface area contributed by atoms with Gasteiger partial charge in [-0.3, -0.25) is 0 Å². The Bertz CT molecular complexity index is 303. The number of nitrogens with zero attached hydrogens (tertiary/aromatic N) is 2. The number of anilines is 1. The third-order valence-corrected chi connectivity index (χ3v) is 2.50. The minimum absolute atomic E-state index is 0.126. The first-order valence-corrected chi connectivity index (χ1v) is 5.28. The van der Waals surface area contributed by atoms with Crippen molar-refractivity contribution in [2.24, 2.45) is 11.1 Å². The maximum absolute atomic E-state index is 5.71. The van der Waals surface area contributed by atoms with E-state index < -0.39 is 0 Å². The second kappa shape index (κ2) is 4.62. The zero-order chi connectivity index (χ0) is 11.5. The molecule has 0 aliphatic heterocycles. The first kappa shape index (κ1) is 12.0. The molecule has 0 aliphatic rings. The van der Waals surface area contributed by atoms with Crippen LogP contribution in [-0.4, -0.2) is 25.1 Å². The molecule has 0 aliphatic carbocycles. The lowest BCUT2D eigenvalue weighted by molar-refractivity contribution is 0.384. The Kier molecular flexibility index (Phi) is 3.69. The summed E-state index contributed by atoms with van der Waals surface area (Å²) in [5.74, 6) is 1.00. The Hall–Kier alpha value is -1.09. The van der Waals surface area contributed by atoms with Gasteiger partial charge in [0.15, 0.2) is 0 Å². The number of rotatable bonds is 4. The van der Waals surface area contributed by atoms with Gasteiger partial charge in [-0.2, -0.15) is 0 Å². The molecule has 0 radical (unpaired) electrons. The highest BCUT2D eigenvalue weighted by molar-refractivity contribution is 5.38. The van der Waals surface area contributed by atoms with E-state index in [1.54, 1.807) is 0 Å². The maximum Gasteiger partial charge on any atom is 0.128 e.